The zero-order valence-corrected chi connectivity index (χ0v) is 12.7. The molecule has 0 fully saturated rings. The van der Waals surface area contributed by atoms with Crippen molar-refractivity contribution < 1.29 is 10.4 Å². The van der Waals surface area contributed by atoms with Crippen molar-refractivity contribution in [3.8, 4) is 11.1 Å². The molecule has 0 spiro atoms. The Morgan fingerprint density at radius 3 is 1.75 bits per heavy atom. The fourth-order valence-corrected chi connectivity index (χ4v) is 2.92. The molecule has 0 saturated carbocycles. The lowest BCUT2D eigenvalue weighted by Crippen LogP contribution is -2.99. The Bertz CT molecular complexity index is 870. The Labute approximate surface area is 139 Å². The number of hydrogen-bond acceptors (Lipinski definition) is 4. The molecule has 1 aliphatic rings. The lowest BCUT2D eigenvalue weighted by atomic mass is 10.1. The first-order valence-electron chi connectivity index (χ1n) is 7.60. The van der Waals surface area contributed by atoms with E-state index >= 15 is 0 Å². The zero-order chi connectivity index (χ0) is 16.5. The molecular weight excluding hydrogens is 302 g/mol. The number of nitrogens with one attached hydrogen (secondary N) is 2. The molecule has 3 aromatic carbocycles. The first-order chi connectivity index (χ1) is 11.7. The molecule has 1 atom stereocenters. The van der Waals surface area contributed by atoms with Crippen molar-refractivity contribution in [2.24, 2.45) is 5.10 Å². The van der Waals surface area contributed by atoms with E-state index in [0.717, 1.165) is 22.5 Å². The molecule has 0 amide bonds. The molecule has 0 saturated heterocycles. The number of rotatable bonds is 3. The largest absolute Gasteiger partial charge is 0.595 e. The van der Waals surface area contributed by atoms with Crippen LogP contribution in [0.1, 0.15) is 11.1 Å². The van der Waals surface area contributed by atoms with E-state index in [-0.39, 0.29) is 5.69 Å². The Balaban J connectivity index is 1.69. The van der Waals surface area contributed by atoms with Gasteiger partial charge in [-0.25, -0.2) is 5.21 Å². The Kier molecular flexibility index (Phi) is 3.59. The van der Waals surface area contributed by atoms with E-state index in [2.05, 4.69) is 34.8 Å². The number of hydrogen-bond donors (Lipinski definition) is 3. The second-order valence-corrected chi connectivity index (χ2v) is 5.55. The van der Waals surface area contributed by atoms with Crippen LogP contribution in [0.15, 0.2) is 77.9 Å². The van der Waals surface area contributed by atoms with Gasteiger partial charge in [0, 0.05) is 23.3 Å². The van der Waals surface area contributed by atoms with Crippen molar-refractivity contribution in [2.75, 3.05) is 5.43 Å². The van der Waals surface area contributed by atoms with E-state index in [1.165, 1.54) is 11.1 Å². The first kappa shape index (κ1) is 14.6. The van der Waals surface area contributed by atoms with E-state index in [0.29, 0.717) is 0 Å². The normalized spacial score (nSPS) is 13.2. The van der Waals surface area contributed by atoms with Gasteiger partial charge in [0.1, 0.15) is 0 Å². The maximum absolute atomic E-state index is 10.9. The third-order valence-electron chi connectivity index (χ3n) is 4.08. The summed E-state index contributed by atoms with van der Waals surface area (Å²) in [6.07, 6.45) is 0. The van der Waals surface area contributed by atoms with Crippen molar-refractivity contribution in [3.63, 3.8) is 0 Å². The minimum atomic E-state index is -0.938. The van der Waals surface area contributed by atoms with Crippen LogP contribution >= 0.6 is 0 Å². The van der Waals surface area contributed by atoms with E-state index in [1.807, 2.05) is 24.3 Å². The average Bonchev–Trinajstić information content (AvgIpc) is 2.94. The molecule has 5 heteroatoms. The number of nitrogens with zero attached hydrogens (tertiary/aromatic N) is 1. The molecule has 0 aliphatic heterocycles. The van der Waals surface area contributed by atoms with Crippen LogP contribution in [0.2, 0.25) is 0 Å². The zero-order valence-electron chi connectivity index (χ0n) is 12.7. The second-order valence-electron chi connectivity index (χ2n) is 5.55. The molecule has 3 aromatic rings. The Hall–Kier alpha value is -2.99. The molecule has 1 unspecified atom stereocenters. The Morgan fingerprint density at radius 2 is 1.25 bits per heavy atom. The molecular formula is C19H15N3O2. The second kappa shape index (κ2) is 5.90. The van der Waals surface area contributed by atoms with Crippen LogP contribution in [-0.4, -0.2) is 10.9 Å². The molecule has 118 valence electrons. The molecule has 0 heterocycles. The smallest absolute Gasteiger partial charge is 0.163 e. The highest BCUT2D eigenvalue weighted by Gasteiger charge is 2.23. The van der Waals surface area contributed by atoms with Crippen LogP contribution in [0, 0.1) is 5.21 Å². The van der Waals surface area contributed by atoms with E-state index in [4.69, 9.17) is 5.21 Å². The summed E-state index contributed by atoms with van der Waals surface area (Å²) < 4.78 is 0. The summed E-state index contributed by atoms with van der Waals surface area (Å²) in [6.45, 7) is 0. The first-order valence-corrected chi connectivity index (χ1v) is 7.60. The molecule has 0 bridgehead atoms. The van der Waals surface area contributed by atoms with Crippen molar-refractivity contribution in [2.45, 2.75) is 0 Å². The maximum atomic E-state index is 10.9. The standard InChI is InChI=1S/C19H15N3O2/c23-22(24)14-11-9-13(10-12-14)20-21-19-17-7-3-1-5-15(17)16-6-2-4-8-18(16)19/h1-12,20,22-23H. The Morgan fingerprint density at radius 1 is 0.750 bits per heavy atom. The van der Waals surface area contributed by atoms with Gasteiger partial charge < -0.3 is 5.21 Å². The third kappa shape index (κ3) is 2.47. The molecule has 24 heavy (non-hydrogen) atoms. The molecule has 3 N–H and O–H groups in total. The molecule has 0 radical (unpaired) electrons. The van der Waals surface area contributed by atoms with Gasteiger partial charge in [-0.1, -0.05) is 48.5 Å². The fraction of sp³-hybridized carbons (Fsp3) is 0. The average molecular weight is 317 g/mol. The lowest BCUT2D eigenvalue weighted by Gasteiger charge is -2.11. The minimum absolute atomic E-state index is 0.254. The number of anilines is 1. The van der Waals surface area contributed by atoms with Crippen LogP contribution in [-0.2, 0) is 0 Å². The number of benzene rings is 3. The number of fused-ring (bicyclic) bond motifs is 3. The summed E-state index contributed by atoms with van der Waals surface area (Å²) in [4.78, 5) is 0. The molecule has 1 aliphatic carbocycles. The third-order valence-corrected chi connectivity index (χ3v) is 4.08. The van der Waals surface area contributed by atoms with Gasteiger partial charge in [-0.15, -0.1) is 0 Å². The quantitative estimate of drug-likeness (QED) is 0.509. The molecule has 0 aromatic heterocycles. The highest BCUT2D eigenvalue weighted by atomic mass is 16.8. The highest BCUT2D eigenvalue weighted by Crippen LogP contribution is 2.36. The van der Waals surface area contributed by atoms with Crippen molar-refractivity contribution >= 4 is 17.1 Å². The van der Waals surface area contributed by atoms with Crippen molar-refractivity contribution in [1.29, 1.82) is 0 Å². The van der Waals surface area contributed by atoms with Gasteiger partial charge in [-0.3, -0.25) is 5.43 Å². The van der Waals surface area contributed by atoms with Crippen molar-refractivity contribution in [1.82, 2.24) is 0 Å². The lowest BCUT2D eigenvalue weighted by molar-refractivity contribution is -0.991. The van der Waals surface area contributed by atoms with E-state index in [1.54, 1.807) is 24.3 Å². The summed E-state index contributed by atoms with van der Waals surface area (Å²) in [6, 6.07) is 22.9. The van der Waals surface area contributed by atoms with Gasteiger partial charge in [0.15, 0.2) is 5.69 Å². The fourth-order valence-electron chi connectivity index (χ4n) is 2.92. The van der Waals surface area contributed by atoms with E-state index < -0.39 is 5.23 Å². The van der Waals surface area contributed by atoms with Gasteiger partial charge in [0.25, 0.3) is 0 Å². The summed E-state index contributed by atoms with van der Waals surface area (Å²) in [7, 11) is 0. The minimum Gasteiger partial charge on any atom is -0.595 e. The monoisotopic (exact) mass is 317 g/mol. The summed E-state index contributed by atoms with van der Waals surface area (Å²) in [5, 5.41) is 23.5. The maximum Gasteiger partial charge on any atom is 0.163 e. The summed E-state index contributed by atoms with van der Waals surface area (Å²) in [5.41, 5.74) is 9.45. The number of hydrazone groups is 1. The summed E-state index contributed by atoms with van der Waals surface area (Å²) >= 11 is 0. The van der Waals surface area contributed by atoms with Crippen LogP contribution in [0.3, 0.4) is 0 Å². The highest BCUT2D eigenvalue weighted by molar-refractivity contribution is 6.24. The van der Waals surface area contributed by atoms with Crippen LogP contribution in [0.5, 0.6) is 0 Å². The molecule has 5 nitrogen and oxygen atoms in total. The van der Waals surface area contributed by atoms with Gasteiger partial charge in [-0.2, -0.15) is 10.3 Å². The van der Waals surface area contributed by atoms with Crippen LogP contribution in [0.4, 0.5) is 11.4 Å². The number of quaternary nitrogens is 1. The van der Waals surface area contributed by atoms with E-state index in [9.17, 15) is 5.21 Å². The SMILES string of the molecule is [O-][NH+](O)c1ccc(NN=C2c3ccccc3-c3ccccc32)cc1. The van der Waals surface area contributed by atoms with Crippen LogP contribution in [0.25, 0.3) is 11.1 Å². The molecule has 4 rings (SSSR count). The van der Waals surface area contributed by atoms with Gasteiger partial charge >= 0.3 is 0 Å². The van der Waals surface area contributed by atoms with Gasteiger partial charge in [0.05, 0.1) is 11.4 Å². The van der Waals surface area contributed by atoms with Crippen LogP contribution < -0.4 is 10.7 Å². The topological polar surface area (TPSA) is 72.1 Å². The predicted octanol–water partition coefficient (Wildman–Crippen LogP) is 2.93. The van der Waals surface area contributed by atoms with Crippen molar-refractivity contribution in [3.05, 3.63) is 89.1 Å². The predicted molar refractivity (Wildman–Crippen MR) is 93.4 cm³/mol. The van der Waals surface area contributed by atoms with Gasteiger partial charge in [-0.05, 0) is 23.3 Å². The van der Waals surface area contributed by atoms with Gasteiger partial charge in [0.2, 0.25) is 0 Å². The summed E-state index contributed by atoms with van der Waals surface area (Å²) in [5.74, 6) is 0.